The monoisotopic (exact) mass is 329 g/mol. The van der Waals surface area contributed by atoms with Crippen LogP contribution >= 0.6 is 0 Å². The van der Waals surface area contributed by atoms with E-state index in [0.717, 1.165) is 42.1 Å². The summed E-state index contributed by atoms with van der Waals surface area (Å²) < 4.78 is 16.1. The number of carbonyl (C=O) groups excluding carboxylic acids is 1. The second-order valence-electron chi connectivity index (χ2n) is 5.96. The Labute approximate surface area is 142 Å². The number of amides is 1. The first-order valence-corrected chi connectivity index (χ1v) is 8.14. The summed E-state index contributed by atoms with van der Waals surface area (Å²) >= 11 is 0. The van der Waals surface area contributed by atoms with Crippen LogP contribution in [0.3, 0.4) is 0 Å². The van der Waals surface area contributed by atoms with Crippen molar-refractivity contribution >= 4 is 5.91 Å². The standard InChI is InChI=1S/C19H23NO4/c1-22-15-6-4-5-14(10-15)19(21)20-8-7-13-9-16(23-2)11-18(24-3)17(13)12-20/h5,9-11H,4,6-8,12H2,1-3H3. The molecule has 1 aliphatic carbocycles. The number of fused-ring (bicyclic) bond motifs is 1. The van der Waals surface area contributed by atoms with Crippen LogP contribution < -0.4 is 9.47 Å². The highest BCUT2D eigenvalue weighted by Crippen LogP contribution is 2.33. The molecule has 0 N–H and O–H groups in total. The molecule has 2 aliphatic rings. The molecule has 1 heterocycles. The number of benzene rings is 1. The van der Waals surface area contributed by atoms with Crippen molar-refractivity contribution in [1.82, 2.24) is 4.90 Å². The molecule has 0 bridgehead atoms. The van der Waals surface area contributed by atoms with Gasteiger partial charge in [0.25, 0.3) is 5.91 Å². The zero-order valence-electron chi connectivity index (χ0n) is 14.4. The van der Waals surface area contributed by atoms with E-state index in [9.17, 15) is 4.79 Å². The minimum atomic E-state index is 0.0489. The molecule has 0 saturated carbocycles. The molecule has 3 rings (SSSR count). The number of carbonyl (C=O) groups is 1. The average Bonchev–Trinajstić information content (AvgIpc) is 2.65. The molecule has 1 amide bonds. The molecule has 0 unspecified atom stereocenters. The van der Waals surface area contributed by atoms with Crippen molar-refractivity contribution in [3.63, 3.8) is 0 Å². The predicted octanol–water partition coefficient (Wildman–Crippen LogP) is 2.84. The van der Waals surface area contributed by atoms with Crippen molar-refractivity contribution in [3.05, 3.63) is 46.7 Å². The Bertz CT molecular complexity index is 688. The van der Waals surface area contributed by atoms with E-state index in [1.165, 1.54) is 5.56 Å². The maximum absolute atomic E-state index is 12.8. The van der Waals surface area contributed by atoms with Crippen LogP contribution in [-0.4, -0.2) is 38.7 Å². The van der Waals surface area contributed by atoms with E-state index in [4.69, 9.17) is 14.2 Å². The molecule has 5 heteroatoms. The molecule has 1 aromatic carbocycles. The fraction of sp³-hybridized carbons (Fsp3) is 0.421. The number of rotatable bonds is 4. The molecular weight excluding hydrogens is 306 g/mol. The number of ether oxygens (including phenoxy) is 3. The van der Waals surface area contributed by atoms with Gasteiger partial charge in [0.1, 0.15) is 11.5 Å². The minimum absolute atomic E-state index is 0.0489. The molecule has 0 aromatic heterocycles. The molecule has 1 aliphatic heterocycles. The molecule has 0 spiro atoms. The molecular formula is C19H23NO4. The van der Waals surface area contributed by atoms with Crippen molar-refractivity contribution in [2.24, 2.45) is 0 Å². The molecule has 0 radical (unpaired) electrons. The maximum Gasteiger partial charge on any atom is 0.253 e. The van der Waals surface area contributed by atoms with Crippen molar-refractivity contribution in [1.29, 1.82) is 0 Å². The molecule has 0 atom stereocenters. The topological polar surface area (TPSA) is 48.0 Å². The van der Waals surface area contributed by atoms with Crippen LogP contribution in [0.15, 0.2) is 35.6 Å². The minimum Gasteiger partial charge on any atom is -0.501 e. The van der Waals surface area contributed by atoms with Gasteiger partial charge in [0.2, 0.25) is 0 Å². The third-order valence-corrected chi connectivity index (χ3v) is 4.60. The Hall–Kier alpha value is -2.43. The van der Waals surface area contributed by atoms with Gasteiger partial charge in [0.05, 0.1) is 27.1 Å². The predicted molar refractivity (Wildman–Crippen MR) is 91.1 cm³/mol. The van der Waals surface area contributed by atoms with Gasteiger partial charge >= 0.3 is 0 Å². The van der Waals surface area contributed by atoms with Crippen LogP contribution in [-0.2, 0) is 22.5 Å². The van der Waals surface area contributed by atoms with E-state index < -0.39 is 0 Å². The maximum atomic E-state index is 12.8. The summed E-state index contributed by atoms with van der Waals surface area (Å²) in [4.78, 5) is 14.7. The number of allylic oxidation sites excluding steroid dienone is 2. The summed E-state index contributed by atoms with van der Waals surface area (Å²) in [5, 5.41) is 0. The van der Waals surface area contributed by atoms with Crippen molar-refractivity contribution < 1.29 is 19.0 Å². The van der Waals surface area contributed by atoms with E-state index in [-0.39, 0.29) is 5.91 Å². The second-order valence-corrected chi connectivity index (χ2v) is 5.96. The zero-order chi connectivity index (χ0) is 17.1. The highest BCUT2D eigenvalue weighted by molar-refractivity contribution is 5.96. The van der Waals surface area contributed by atoms with Gasteiger partial charge in [-0.25, -0.2) is 0 Å². The SMILES string of the molecule is COC1=CC(C(=O)N2CCc3cc(OC)cc(OC)c3C2)=CCC1. The Morgan fingerprint density at radius 3 is 2.62 bits per heavy atom. The fourth-order valence-electron chi connectivity index (χ4n) is 3.24. The second kappa shape index (κ2) is 6.99. The Morgan fingerprint density at radius 1 is 1.08 bits per heavy atom. The largest absolute Gasteiger partial charge is 0.501 e. The Balaban J connectivity index is 1.83. The van der Waals surface area contributed by atoms with Crippen LogP contribution in [0.2, 0.25) is 0 Å². The van der Waals surface area contributed by atoms with E-state index in [1.807, 2.05) is 29.2 Å². The summed E-state index contributed by atoms with van der Waals surface area (Å²) in [7, 11) is 4.94. The third-order valence-electron chi connectivity index (χ3n) is 4.60. The smallest absolute Gasteiger partial charge is 0.253 e. The fourth-order valence-corrected chi connectivity index (χ4v) is 3.24. The normalized spacial score (nSPS) is 16.7. The lowest BCUT2D eigenvalue weighted by atomic mass is 9.96. The van der Waals surface area contributed by atoms with Crippen LogP contribution in [0.5, 0.6) is 11.5 Å². The van der Waals surface area contributed by atoms with E-state index in [0.29, 0.717) is 18.7 Å². The van der Waals surface area contributed by atoms with Gasteiger partial charge in [-0.3, -0.25) is 4.79 Å². The first-order valence-electron chi connectivity index (χ1n) is 8.14. The summed E-state index contributed by atoms with van der Waals surface area (Å²) in [6, 6.07) is 3.90. The molecule has 1 aromatic rings. The van der Waals surface area contributed by atoms with Gasteiger partial charge in [-0.15, -0.1) is 0 Å². The van der Waals surface area contributed by atoms with Gasteiger partial charge < -0.3 is 19.1 Å². The Morgan fingerprint density at radius 2 is 1.92 bits per heavy atom. The highest BCUT2D eigenvalue weighted by Gasteiger charge is 2.26. The molecule has 24 heavy (non-hydrogen) atoms. The highest BCUT2D eigenvalue weighted by atomic mass is 16.5. The number of methoxy groups -OCH3 is 3. The van der Waals surface area contributed by atoms with Gasteiger partial charge in [0, 0.05) is 36.7 Å². The lowest BCUT2D eigenvalue weighted by Gasteiger charge is -2.31. The van der Waals surface area contributed by atoms with Crippen LogP contribution in [0.1, 0.15) is 24.0 Å². The average molecular weight is 329 g/mol. The zero-order valence-corrected chi connectivity index (χ0v) is 14.4. The van der Waals surface area contributed by atoms with E-state index >= 15 is 0 Å². The van der Waals surface area contributed by atoms with Crippen LogP contribution in [0, 0.1) is 0 Å². The van der Waals surface area contributed by atoms with Gasteiger partial charge in [-0.1, -0.05) is 6.08 Å². The van der Waals surface area contributed by atoms with Crippen LogP contribution in [0.25, 0.3) is 0 Å². The lowest BCUT2D eigenvalue weighted by Crippen LogP contribution is -2.37. The summed E-state index contributed by atoms with van der Waals surface area (Å²) in [5.74, 6) is 2.47. The van der Waals surface area contributed by atoms with Crippen molar-refractivity contribution in [2.75, 3.05) is 27.9 Å². The van der Waals surface area contributed by atoms with Crippen molar-refractivity contribution in [3.8, 4) is 11.5 Å². The number of hydrogen-bond donors (Lipinski definition) is 0. The number of nitrogens with zero attached hydrogens (tertiary/aromatic N) is 1. The van der Waals surface area contributed by atoms with E-state index in [1.54, 1.807) is 21.3 Å². The van der Waals surface area contributed by atoms with Crippen LogP contribution in [0.4, 0.5) is 0 Å². The first kappa shape index (κ1) is 16.4. The molecule has 5 nitrogen and oxygen atoms in total. The Kier molecular flexibility index (Phi) is 4.79. The first-order chi connectivity index (χ1) is 11.7. The summed E-state index contributed by atoms with van der Waals surface area (Å²) in [6.45, 7) is 1.24. The number of hydrogen-bond acceptors (Lipinski definition) is 4. The van der Waals surface area contributed by atoms with Gasteiger partial charge in [0.15, 0.2) is 0 Å². The summed E-state index contributed by atoms with van der Waals surface area (Å²) in [5.41, 5.74) is 2.96. The molecule has 0 saturated heterocycles. The summed E-state index contributed by atoms with van der Waals surface area (Å²) in [6.07, 6.45) is 6.33. The third kappa shape index (κ3) is 3.11. The molecule has 128 valence electrons. The van der Waals surface area contributed by atoms with Gasteiger partial charge in [-0.2, -0.15) is 0 Å². The van der Waals surface area contributed by atoms with Crippen molar-refractivity contribution in [2.45, 2.75) is 25.8 Å². The quantitative estimate of drug-likeness (QED) is 0.852. The molecule has 0 fully saturated rings. The van der Waals surface area contributed by atoms with Gasteiger partial charge in [-0.05, 0) is 30.5 Å². The van der Waals surface area contributed by atoms with E-state index in [2.05, 4.69) is 0 Å². The lowest BCUT2D eigenvalue weighted by molar-refractivity contribution is -0.127.